The van der Waals surface area contributed by atoms with Gasteiger partial charge in [-0.05, 0) is 34.9 Å². The van der Waals surface area contributed by atoms with Crippen LogP contribution in [0.5, 0.6) is 0 Å². The molecule has 0 radical (unpaired) electrons. The average Bonchev–Trinajstić information content (AvgIpc) is 2.89. The topological polar surface area (TPSA) is 83.6 Å². The molecule has 1 aliphatic heterocycles. The first kappa shape index (κ1) is 14.5. The Morgan fingerprint density at radius 2 is 1.95 bits per heavy atom. The molecule has 1 heterocycles. The highest BCUT2D eigenvalue weighted by atomic mass is 16.4. The van der Waals surface area contributed by atoms with E-state index in [2.05, 4.69) is 0 Å². The van der Waals surface area contributed by atoms with Crippen molar-refractivity contribution in [3.63, 3.8) is 0 Å². The molecule has 22 heavy (non-hydrogen) atoms. The Hall–Kier alpha value is -2.40. The molecule has 114 valence electrons. The van der Waals surface area contributed by atoms with E-state index >= 15 is 0 Å². The summed E-state index contributed by atoms with van der Waals surface area (Å²) in [5.74, 6) is -1.33. The summed E-state index contributed by atoms with van der Waals surface area (Å²) in [4.78, 5) is 25.4. The van der Waals surface area contributed by atoms with E-state index in [9.17, 15) is 14.7 Å². The molecule has 2 atom stereocenters. The van der Waals surface area contributed by atoms with Gasteiger partial charge in [-0.25, -0.2) is 4.79 Å². The summed E-state index contributed by atoms with van der Waals surface area (Å²) < 4.78 is 0. The molecule has 5 nitrogen and oxygen atoms in total. The Morgan fingerprint density at radius 3 is 2.55 bits per heavy atom. The lowest BCUT2D eigenvalue weighted by atomic mass is 10.0. The smallest absolute Gasteiger partial charge is 0.327 e. The zero-order valence-corrected chi connectivity index (χ0v) is 12.3. The first-order valence-electron chi connectivity index (χ1n) is 7.36. The van der Waals surface area contributed by atoms with Crippen LogP contribution in [0.1, 0.15) is 18.9 Å². The second-order valence-electron chi connectivity index (χ2n) is 5.61. The summed E-state index contributed by atoms with van der Waals surface area (Å²) in [6, 6.07) is 10.1. The molecule has 0 aliphatic carbocycles. The van der Waals surface area contributed by atoms with Crippen LogP contribution in [0.15, 0.2) is 36.4 Å². The van der Waals surface area contributed by atoms with Gasteiger partial charge in [-0.1, -0.05) is 31.2 Å². The summed E-state index contributed by atoms with van der Waals surface area (Å²) in [7, 11) is 0. The third-order valence-electron chi connectivity index (χ3n) is 4.21. The molecular weight excluding hydrogens is 280 g/mol. The van der Waals surface area contributed by atoms with Crippen molar-refractivity contribution in [3.8, 4) is 0 Å². The third kappa shape index (κ3) is 2.23. The lowest BCUT2D eigenvalue weighted by molar-refractivity contribution is -0.140. The number of carbonyl (C=O) groups is 2. The molecule has 0 saturated carbocycles. The zero-order valence-electron chi connectivity index (χ0n) is 12.3. The fourth-order valence-electron chi connectivity index (χ4n) is 2.95. The number of rotatable bonds is 3. The van der Waals surface area contributed by atoms with Crippen LogP contribution in [-0.2, 0) is 16.0 Å². The number of carbonyl (C=O) groups excluding carboxylic acids is 1. The van der Waals surface area contributed by atoms with Crippen LogP contribution in [0.2, 0.25) is 0 Å². The van der Waals surface area contributed by atoms with Gasteiger partial charge in [0.25, 0.3) is 0 Å². The Morgan fingerprint density at radius 1 is 1.32 bits per heavy atom. The third-order valence-corrected chi connectivity index (χ3v) is 4.21. The number of hydrogen-bond donors (Lipinski definition) is 2. The van der Waals surface area contributed by atoms with Crippen LogP contribution in [-0.4, -0.2) is 29.1 Å². The molecule has 0 fully saturated rings. The van der Waals surface area contributed by atoms with E-state index in [1.54, 1.807) is 0 Å². The van der Waals surface area contributed by atoms with Gasteiger partial charge in [-0.3, -0.25) is 9.69 Å². The molecule has 2 aromatic carbocycles. The number of fused-ring (bicyclic) bond motifs is 2. The maximum Gasteiger partial charge on any atom is 0.327 e. The predicted molar refractivity (Wildman–Crippen MR) is 84.8 cm³/mol. The second kappa shape index (κ2) is 5.42. The summed E-state index contributed by atoms with van der Waals surface area (Å²) in [6.07, 6.45) is 0.794. The molecule has 2 aromatic rings. The Bertz CT molecular complexity index is 757. The van der Waals surface area contributed by atoms with Crippen molar-refractivity contribution in [2.24, 2.45) is 5.73 Å². The molecule has 0 saturated heterocycles. The molecule has 1 aliphatic rings. The Kier molecular flexibility index (Phi) is 3.58. The lowest BCUT2D eigenvalue weighted by Gasteiger charge is -2.25. The van der Waals surface area contributed by atoms with Crippen molar-refractivity contribution in [2.45, 2.75) is 31.8 Å². The van der Waals surface area contributed by atoms with Gasteiger partial charge in [0.2, 0.25) is 5.91 Å². The van der Waals surface area contributed by atoms with Gasteiger partial charge in [0.15, 0.2) is 0 Å². The van der Waals surface area contributed by atoms with Gasteiger partial charge in [0.1, 0.15) is 6.04 Å². The van der Waals surface area contributed by atoms with Crippen molar-refractivity contribution in [1.82, 2.24) is 0 Å². The van der Waals surface area contributed by atoms with Crippen LogP contribution < -0.4 is 10.6 Å². The number of amides is 1. The van der Waals surface area contributed by atoms with Gasteiger partial charge in [-0.2, -0.15) is 0 Å². The number of nitrogens with two attached hydrogens (primary N) is 1. The van der Waals surface area contributed by atoms with E-state index in [1.807, 2.05) is 43.3 Å². The molecule has 0 unspecified atom stereocenters. The largest absolute Gasteiger partial charge is 0.480 e. The fourth-order valence-corrected chi connectivity index (χ4v) is 2.95. The van der Waals surface area contributed by atoms with Crippen molar-refractivity contribution in [2.75, 3.05) is 4.90 Å². The normalized spacial score (nSPS) is 18.3. The molecule has 5 heteroatoms. The standard InChI is InChI=1S/C17H18N2O3/c1-2-13(18)16(20)19-14-8-11-6-4-3-5-10(11)7-12(14)9-15(19)17(21)22/h3-8,13,15H,2,9,18H2,1H3,(H,21,22)/t13-,15-/m0/s1. The lowest BCUT2D eigenvalue weighted by Crippen LogP contribution is -2.50. The highest BCUT2D eigenvalue weighted by Gasteiger charge is 2.39. The summed E-state index contributed by atoms with van der Waals surface area (Å²) in [5, 5.41) is 11.5. The molecule has 0 spiro atoms. The minimum Gasteiger partial charge on any atom is -0.480 e. The van der Waals surface area contributed by atoms with E-state index in [0.29, 0.717) is 18.5 Å². The van der Waals surface area contributed by atoms with Crippen molar-refractivity contribution >= 4 is 28.3 Å². The predicted octanol–water partition coefficient (Wildman–Crippen LogP) is 1.92. The first-order chi connectivity index (χ1) is 10.5. The van der Waals surface area contributed by atoms with Crippen LogP contribution >= 0.6 is 0 Å². The summed E-state index contributed by atoms with van der Waals surface area (Å²) >= 11 is 0. The molecule has 3 N–H and O–H groups in total. The van der Waals surface area contributed by atoms with E-state index in [-0.39, 0.29) is 5.91 Å². The van der Waals surface area contributed by atoms with E-state index in [0.717, 1.165) is 16.3 Å². The number of carboxylic acids is 1. The van der Waals surface area contributed by atoms with Gasteiger partial charge >= 0.3 is 5.97 Å². The quantitative estimate of drug-likeness (QED) is 0.906. The first-order valence-corrected chi connectivity index (χ1v) is 7.36. The maximum atomic E-state index is 12.5. The van der Waals surface area contributed by atoms with Gasteiger partial charge in [0, 0.05) is 12.1 Å². The van der Waals surface area contributed by atoms with E-state index in [1.165, 1.54) is 4.90 Å². The summed E-state index contributed by atoms with van der Waals surface area (Å²) in [6.45, 7) is 1.82. The van der Waals surface area contributed by atoms with Gasteiger partial charge < -0.3 is 10.8 Å². The maximum absolute atomic E-state index is 12.5. The number of hydrogen-bond acceptors (Lipinski definition) is 3. The number of anilines is 1. The summed E-state index contributed by atoms with van der Waals surface area (Å²) in [5.41, 5.74) is 7.39. The monoisotopic (exact) mass is 298 g/mol. The molecule has 3 rings (SSSR count). The molecule has 0 bridgehead atoms. The number of benzene rings is 2. The molecule has 1 amide bonds. The highest BCUT2D eigenvalue weighted by molar-refractivity contribution is 6.06. The SMILES string of the molecule is CC[C@H](N)C(=O)N1c2cc3ccccc3cc2C[C@H]1C(=O)O. The van der Waals surface area contributed by atoms with E-state index < -0.39 is 18.1 Å². The van der Waals surface area contributed by atoms with Gasteiger partial charge in [0.05, 0.1) is 6.04 Å². The number of carboxylic acid groups (broad SMARTS) is 1. The number of nitrogens with zero attached hydrogens (tertiary/aromatic N) is 1. The van der Waals surface area contributed by atoms with Crippen molar-refractivity contribution in [3.05, 3.63) is 42.0 Å². The Labute approximate surface area is 128 Å². The van der Waals surface area contributed by atoms with Crippen LogP contribution in [0.4, 0.5) is 5.69 Å². The van der Waals surface area contributed by atoms with Crippen LogP contribution in [0.3, 0.4) is 0 Å². The second-order valence-corrected chi connectivity index (χ2v) is 5.61. The van der Waals surface area contributed by atoms with Crippen LogP contribution in [0, 0.1) is 0 Å². The van der Waals surface area contributed by atoms with Crippen molar-refractivity contribution < 1.29 is 14.7 Å². The Balaban J connectivity index is 2.13. The molecular formula is C17H18N2O3. The van der Waals surface area contributed by atoms with E-state index in [4.69, 9.17) is 5.73 Å². The van der Waals surface area contributed by atoms with Gasteiger partial charge in [-0.15, -0.1) is 0 Å². The zero-order chi connectivity index (χ0) is 15.9. The van der Waals surface area contributed by atoms with Crippen LogP contribution in [0.25, 0.3) is 10.8 Å². The minimum absolute atomic E-state index is 0.317. The van der Waals surface area contributed by atoms with Crippen molar-refractivity contribution in [1.29, 1.82) is 0 Å². The highest BCUT2D eigenvalue weighted by Crippen LogP contribution is 2.36. The average molecular weight is 298 g/mol. The molecule has 0 aromatic heterocycles. The minimum atomic E-state index is -1.00. The fraction of sp³-hybridized carbons (Fsp3) is 0.294. The number of aliphatic carboxylic acids is 1.